The Hall–Kier alpha value is -2.12. The van der Waals surface area contributed by atoms with Gasteiger partial charge in [0.05, 0.1) is 15.8 Å². The number of carbonyl (C=O) groups is 1. The summed E-state index contributed by atoms with van der Waals surface area (Å²) in [4.78, 5) is 17.6. The lowest BCUT2D eigenvalue weighted by Crippen LogP contribution is -2.30. The molecule has 3 aromatic rings. The van der Waals surface area contributed by atoms with Gasteiger partial charge in [-0.15, -0.1) is 11.3 Å². The van der Waals surface area contributed by atoms with Crippen LogP contribution in [-0.2, 0) is 7.05 Å². The zero-order chi connectivity index (χ0) is 17.1. The Labute approximate surface area is 152 Å². The van der Waals surface area contributed by atoms with Gasteiger partial charge < -0.3 is 14.6 Å². The van der Waals surface area contributed by atoms with Crippen molar-refractivity contribution in [2.75, 3.05) is 7.11 Å². The number of carbonyl (C=O) groups excluding carboxylic acids is 1. The van der Waals surface area contributed by atoms with Gasteiger partial charge in [0.15, 0.2) is 0 Å². The van der Waals surface area contributed by atoms with E-state index < -0.39 is 0 Å². The van der Waals surface area contributed by atoms with Gasteiger partial charge in [-0.2, -0.15) is 0 Å². The Morgan fingerprint density at radius 1 is 1.29 bits per heavy atom. The number of rotatable bonds is 5. The number of thiophene rings is 1. The van der Waals surface area contributed by atoms with Crippen molar-refractivity contribution in [1.82, 2.24) is 14.9 Å². The molecule has 0 aliphatic carbocycles. The summed E-state index contributed by atoms with van der Waals surface area (Å²) in [6.45, 7) is 0. The third-order valence-electron chi connectivity index (χ3n) is 3.64. The van der Waals surface area contributed by atoms with Crippen molar-refractivity contribution in [2.24, 2.45) is 7.05 Å². The number of aryl methyl sites for hydroxylation is 1. The first kappa shape index (κ1) is 16.7. The molecule has 2 heterocycles. The van der Waals surface area contributed by atoms with Crippen LogP contribution in [0.25, 0.3) is 0 Å². The number of benzene rings is 1. The van der Waals surface area contributed by atoms with Gasteiger partial charge >= 0.3 is 0 Å². The number of nitrogens with one attached hydrogen (secondary N) is 1. The van der Waals surface area contributed by atoms with E-state index in [9.17, 15) is 4.79 Å². The van der Waals surface area contributed by atoms with Crippen molar-refractivity contribution in [3.63, 3.8) is 0 Å². The van der Waals surface area contributed by atoms with Crippen LogP contribution in [0, 0.1) is 0 Å². The van der Waals surface area contributed by atoms with Crippen LogP contribution < -0.4 is 10.1 Å². The van der Waals surface area contributed by atoms with Crippen molar-refractivity contribution in [3.8, 4) is 5.75 Å². The molecule has 3 rings (SSSR count). The Morgan fingerprint density at radius 3 is 2.58 bits per heavy atom. The Bertz CT molecular complexity index is 842. The van der Waals surface area contributed by atoms with Gasteiger partial charge in [0.2, 0.25) is 0 Å². The molecule has 0 aliphatic rings. The summed E-state index contributed by atoms with van der Waals surface area (Å²) in [5.74, 6) is 1.41. The van der Waals surface area contributed by atoms with E-state index in [0.29, 0.717) is 4.88 Å². The number of aromatic nitrogens is 2. The van der Waals surface area contributed by atoms with Crippen LogP contribution in [0.5, 0.6) is 5.75 Å². The maximum absolute atomic E-state index is 12.6. The van der Waals surface area contributed by atoms with Crippen LogP contribution >= 0.6 is 27.3 Å². The summed E-state index contributed by atoms with van der Waals surface area (Å²) in [6, 6.07) is 10.9. The third kappa shape index (κ3) is 3.52. The second kappa shape index (κ2) is 7.19. The number of imidazole rings is 1. The Morgan fingerprint density at radius 2 is 2.04 bits per heavy atom. The first-order valence-corrected chi connectivity index (χ1v) is 8.87. The predicted octanol–water partition coefficient (Wildman–Crippen LogP) is 3.77. The van der Waals surface area contributed by atoms with Crippen molar-refractivity contribution in [3.05, 3.63) is 68.8 Å². The summed E-state index contributed by atoms with van der Waals surface area (Å²) in [5, 5.41) is 3.07. The minimum absolute atomic E-state index is 0.130. The van der Waals surface area contributed by atoms with E-state index in [1.807, 2.05) is 48.1 Å². The normalized spacial score (nSPS) is 12.0. The maximum atomic E-state index is 12.6. The standard InChI is InChI=1S/C17H16BrN3O2S/c1-21-10-9-19-16(21)15(11-3-5-12(23-2)6-4-11)20-17(22)13-7-8-14(18)24-13/h3-10,15H,1-2H3,(H,20,22). The molecule has 0 aliphatic heterocycles. The number of hydrogen-bond acceptors (Lipinski definition) is 4. The molecule has 0 saturated carbocycles. The van der Waals surface area contributed by atoms with Crippen LogP contribution in [0.15, 0.2) is 52.6 Å². The molecular formula is C17H16BrN3O2S. The fraction of sp³-hybridized carbons (Fsp3) is 0.176. The second-order valence-electron chi connectivity index (χ2n) is 5.18. The quantitative estimate of drug-likeness (QED) is 0.702. The molecule has 1 amide bonds. The lowest BCUT2D eigenvalue weighted by molar-refractivity contribution is 0.0945. The molecule has 0 bridgehead atoms. The van der Waals surface area contributed by atoms with Crippen LogP contribution in [0.4, 0.5) is 0 Å². The number of amides is 1. The van der Waals surface area contributed by atoms with Gasteiger partial charge in [0, 0.05) is 19.4 Å². The number of halogens is 1. The van der Waals surface area contributed by atoms with E-state index >= 15 is 0 Å². The third-order valence-corrected chi connectivity index (χ3v) is 5.26. The van der Waals surface area contributed by atoms with Gasteiger partial charge in [-0.1, -0.05) is 12.1 Å². The molecule has 1 N–H and O–H groups in total. The van der Waals surface area contributed by atoms with E-state index in [2.05, 4.69) is 26.2 Å². The molecule has 7 heteroatoms. The molecule has 24 heavy (non-hydrogen) atoms. The smallest absolute Gasteiger partial charge is 0.262 e. The van der Waals surface area contributed by atoms with Gasteiger partial charge in [0.1, 0.15) is 17.6 Å². The maximum Gasteiger partial charge on any atom is 0.262 e. The summed E-state index contributed by atoms with van der Waals surface area (Å²) in [6.07, 6.45) is 3.58. The molecular weight excluding hydrogens is 390 g/mol. The highest BCUT2D eigenvalue weighted by Gasteiger charge is 2.22. The van der Waals surface area contributed by atoms with Gasteiger partial charge in [-0.3, -0.25) is 4.79 Å². The fourth-order valence-electron chi connectivity index (χ4n) is 2.39. The van der Waals surface area contributed by atoms with Gasteiger partial charge in [-0.05, 0) is 45.8 Å². The number of nitrogens with zero attached hydrogens (tertiary/aromatic N) is 2. The van der Waals surface area contributed by atoms with Crippen molar-refractivity contribution < 1.29 is 9.53 Å². The topological polar surface area (TPSA) is 56.1 Å². The first-order chi connectivity index (χ1) is 11.6. The summed E-state index contributed by atoms with van der Waals surface area (Å²) >= 11 is 4.78. The molecule has 0 radical (unpaired) electrons. The molecule has 0 saturated heterocycles. The second-order valence-corrected chi connectivity index (χ2v) is 7.64. The molecule has 1 aromatic carbocycles. The average molecular weight is 406 g/mol. The Kier molecular flexibility index (Phi) is 5.01. The monoisotopic (exact) mass is 405 g/mol. The van der Waals surface area contributed by atoms with E-state index in [-0.39, 0.29) is 11.9 Å². The lowest BCUT2D eigenvalue weighted by Gasteiger charge is -2.19. The van der Waals surface area contributed by atoms with Crippen molar-refractivity contribution >= 4 is 33.2 Å². The highest BCUT2D eigenvalue weighted by molar-refractivity contribution is 9.11. The lowest BCUT2D eigenvalue weighted by atomic mass is 10.1. The van der Waals surface area contributed by atoms with E-state index in [1.165, 1.54) is 11.3 Å². The predicted molar refractivity (Wildman–Crippen MR) is 97.5 cm³/mol. The van der Waals surface area contributed by atoms with Crippen LogP contribution in [0.1, 0.15) is 27.1 Å². The summed E-state index contributed by atoms with van der Waals surface area (Å²) in [5.41, 5.74) is 0.939. The van der Waals surface area contributed by atoms with Crippen molar-refractivity contribution in [2.45, 2.75) is 6.04 Å². The molecule has 0 fully saturated rings. The van der Waals surface area contributed by atoms with Crippen LogP contribution in [-0.4, -0.2) is 22.6 Å². The van der Waals surface area contributed by atoms with Crippen molar-refractivity contribution in [1.29, 1.82) is 0 Å². The van der Waals surface area contributed by atoms with Crippen LogP contribution in [0.3, 0.4) is 0 Å². The molecule has 1 unspecified atom stereocenters. The van der Waals surface area contributed by atoms with Gasteiger partial charge in [0.25, 0.3) is 5.91 Å². The summed E-state index contributed by atoms with van der Waals surface area (Å²) in [7, 11) is 3.54. The molecule has 0 spiro atoms. The van der Waals surface area contributed by atoms with Crippen LogP contribution in [0.2, 0.25) is 0 Å². The Balaban J connectivity index is 1.93. The highest BCUT2D eigenvalue weighted by Crippen LogP contribution is 2.26. The number of methoxy groups -OCH3 is 1. The molecule has 5 nitrogen and oxygen atoms in total. The van der Waals surface area contributed by atoms with E-state index in [1.54, 1.807) is 19.4 Å². The first-order valence-electron chi connectivity index (χ1n) is 7.26. The number of ether oxygens (including phenoxy) is 1. The minimum Gasteiger partial charge on any atom is -0.497 e. The van der Waals surface area contributed by atoms with E-state index in [4.69, 9.17) is 4.74 Å². The molecule has 2 aromatic heterocycles. The number of hydrogen-bond donors (Lipinski definition) is 1. The molecule has 124 valence electrons. The molecule has 1 atom stereocenters. The minimum atomic E-state index is -0.343. The largest absolute Gasteiger partial charge is 0.497 e. The zero-order valence-electron chi connectivity index (χ0n) is 13.2. The van der Waals surface area contributed by atoms with Gasteiger partial charge in [-0.25, -0.2) is 4.98 Å². The average Bonchev–Trinajstić information content (AvgIpc) is 3.21. The summed E-state index contributed by atoms with van der Waals surface area (Å²) < 4.78 is 8.03. The van der Waals surface area contributed by atoms with E-state index in [0.717, 1.165) is 20.9 Å². The fourth-order valence-corrected chi connectivity index (χ4v) is 3.68. The highest BCUT2D eigenvalue weighted by atomic mass is 79.9. The SMILES string of the molecule is COc1ccc(C(NC(=O)c2ccc(Br)s2)c2nccn2C)cc1. The zero-order valence-corrected chi connectivity index (χ0v) is 15.6.